The van der Waals surface area contributed by atoms with Gasteiger partial charge < -0.3 is 0 Å². The molecule has 0 aliphatic rings. The molecule has 0 radical (unpaired) electrons. The summed E-state index contributed by atoms with van der Waals surface area (Å²) in [4.78, 5) is 10.4. The van der Waals surface area contributed by atoms with E-state index < -0.39 is 4.92 Å². The molecule has 30 heavy (non-hydrogen) atoms. The fourth-order valence-electron chi connectivity index (χ4n) is 2.98. The predicted octanol–water partition coefficient (Wildman–Crippen LogP) is 5.33. The van der Waals surface area contributed by atoms with Crippen LogP contribution >= 0.6 is 11.8 Å². The van der Waals surface area contributed by atoms with E-state index in [9.17, 15) is 14.5 Å². The number of aromatic nitrogens is 3. The van der Waals surface area contributed by atoms with E-state index in [0.717, 1.165) is 21.8 Å². The first-order valence-electron chi connectivity index (χ1n) is 9.19. The van der Waals surface area contributed by atoms with Gasteiger partial charge in [-0.15, -0.1) is 10.2 Å². The Morgan fingerprint density at radius 2 is 1.60 bits per heavy atom. The Kier molecular flexibility index (Phi) is 5.85. The minimum absolute atomic E-state index is 0.0644. The highest BCUT2D eigenvalue weighted by molar-refractivity contribution is 7.98. The average molecular weight is 420 g/mol. The van der Waals surface area contributed by atoms with Gasteiger partial charge in [-0.25, -0.2) is 4.39 Å². The number of hydrogen-bond donors (Lipinski definition) is 0. The standard InChI is InChI=1S/C22H17FN4O2S/c23-19-10-8-18(9-11-19)21-24-25-22(26(21)14-16-4-2-1-3-5-16)30-15-17-6-12-20(13-7-17)27(28)29/h1-13H,14-15H2. The zero-order chi connectivity index (χ0) is 20.9. The van der Waals surface area contributed by atoms with Crippen molar-refractivity contribution in [3.8, 4) is 11.4 Å². The minimum Gasteiger partial charge on any atom is -0.298 e. The maximum Gasteiger partial charge on any atom is 0.269 e. The van der Waals surface area contributed by atoms with E-state index >= 15 is 0 Å². The van der Waals surface area contributed by atoms with Crippen molar-refractivity contribution in [1.82, 2.24) is 14.8 Å². The Bertz CT molecular complexity index is 1150. The molecule has 0 unspecified atom stereocenters. The topological polar surface area (TPSA) is 73.8 Å². The lowest BCUT2D eigenvalue weighted by atomic mass is 10.2. The number of thioether (sulfide) groups is 1. The molecule has 0 aliphatic carbocycles. The Hall–Kier alpha value is -3.52. The molecule has 0 fully saturated rings. The van der Waals surface area contributed by atoms with Crippen LogP contribution in [0.4, 0.5) is 10.1 Å². The zero-order valence-electron chi connectivity index (χ0n) is 15.8. The lowest BCUT2D eigenvalue weighted by Crippen LogP contribution is -2.04. The number of benzene rings is 3. The largest absolute Gasteiger partial charge is 0.298 e. The molecular weight excluding hydrogens is 403 g/mol. The van der Waals surface area contributed by atoms with Crippen LogP contribution in [0.2, 0.25) is 0 Å². The molecule has 4 rings (SSSR count). The molecule has 0 bridgehead atoms. The number of nitro groups is 1. The zero-order valence-corrected chi connectivity index (χ0v) is 16.6. The maximum atomic E-state index is 13.4. The van der Waals surface area contributed by atoms with Crippen molar-refractivity contribution in [2.45, 2.75) is 17.5 Å². The van der Waals surface area contributed by atoms with E-state index in [1.807, 2.05) is 34.9 Å². The third-order valence-electron chi connectivity index (χ3n) is 4.52. The first-order chi connectivity index (χ1) is 14.6. The Morgan fingerprint density at radius 1 is 0.900 bits per heavy atom. The van der Waals surface area contributed by atoms with Crippen molar-refractivity contribution in [3.63, 3.8) is 0 Å². The van der Waals surface area contributed by atoms with Gasteiger partial charge in [0.15, 0.2) is 11.0 Å². The van der Waals surface area contributed by atoms with Crippen molar-refractivity contribution in [3.05, 3.63) is 106 Å². The van der Waals surface area contributed by atoms with Gasteiger partial charge in [-0.05, 0) is 35.4 Å². The van der Waals surface area contributed by atoms with Crippen LogP contribution < -0.4 is 0 Å². The average Bonchev–Trinajstić information content (AvgIpc) is 3.16. The van der Waals surface area contributed by atoms with Crippen LogP contribution in [0.3, 0.4) is 0 Å². The number of nitro benzene ring substituents is 1. The third kappa shape index (κ3) is 4.55. The highest BCUT2D eigenvalue weighted by Gasteiger charge is 2.15. The van der Waals surface area contributed by atoms with Crippen molar-refractivity contribution < 1.29 is 9.31 Å². The maximum absolute atomic E-state index is 13.4. The number of rotatable bonds is 7. The van der Waals surface area contributed by atoms with Crippen LogP contribution in [0.25, 0.3) is 11.4 Å². The monoisotopic (exact) mass is 420 g/mol. The highest BCUT2D eigenvalue weighted by atomic mass is 32.2. The first-order valence-corrected chi connectivity index (χ1v) is 10.2. The van der Waals surface area contributed by atoms with Gasteiger partial charge in [0.1, 0.15) is 5.82 Å². The molecule has 0 spiro atoms. The second-order valence-electron chi connectivity index (χ2n) is 6.60. The highest BCUT2D eigenvalue weighted by Crippen LogP contribution is 2.28. The normalized spacial score (nSPS) is 10.8. The molecule has 0 saturated carbocycles. The van der Waals surface area contributed by atoms with Crippen LogP contribution in [-0.2, 0) is 12.3 Å². The van der Waals surface area contributed by atoms with Gasteiger partial charge in [0.05, 0.1) is 11.5 Å². The number of hydrogen-bond acceptors (Lipinski definition) is 5. The quantitative estimate of drug-likeness (QED) is 0.229. The molecule has 1 aromatic heterocycles. The summed E-state index contributed by atoms with van der Waals surface area (Å²) < 4.78 is 15.4. The molecule has 8 heteroatoms. The van der Waals surface area contributed by atoms with Gasteiger partial charge >= 0.3 is 0 Å². The number of nitrogens with zero attached hydrogens (tertiary/aromatic N) is 4. The van der Waals surface area contributed by atoms with Gasteiger partial charge in [0, 0.05) is 23.4 Å². The van der Waals surface area contributed by atoms with Gasteiger partial charge in [0.25, 0.3) is 5.69 Å². The second kappa shape index (κ2) is 8.87. The van der Waals surface area contributed by atoms with E-state index in [1.54, 1.807) is 24.3 Å². The Balaban J connectivity index is 1.61. The Morgan fingerprint density at radius 3 is 2.27 bits per heavy atom. The molecule has 0 amide bonds. The van der Waals surface area contributed by atoms with Crippen LogP contribution in [-0.4, -0.2) is 19.7 Å². The first kappa shape index (κ1) is 19.8. The van der Waals surface area contributed by atoms with Crippen molar-refractivity contribution in [1.29, 1.82) is 0 Å². The summed E-state index contributed by atoms with van der Waals surface area (Å²) in [6, 6.07) is 22.6. The van der Waals surface area contributed by atoms with Crippen molar-refractivity contribution in [2.24, 2.45) is 0 Å². The van der Waals surface area contributed by atoms with Crippen LogP contribution in [0.1, 0.15) is 11.1 Å². The molecule has 3 aromatic carbocycles. The number of non-ortho nitro benzene ring substituents is 1. The molecule has 6 nitrogen and oxygen atoms in total. The number of halogens is 1. The summed E-state index contributed by atoms with van der Waals surface area (Å²) in [5, 5.41) is 20.2. The molecule has 150 valence electrons. The molecule has 0 aliphatic heterocycles. The van der Waals surface area contributed by atoms with Crippen LogP contribution in [0, 0.1) is 15.9 Å². The molecule has 4 aromatic rings. The van der Waals surface area contributed by atoms with Crippen LogP contribution in [0.5, 0.6) is 0 Å². The van der Waals surface area contributed by atoms with E-state index in [-0.39, 0.29) is 11.5 Å². The summed E-state index contributed by atoms with van der Waals surface area (Å²) in [6.45, 7) is 0.573. The van der Waals surface area contributed by atoms with E-state index in [2.05, 4.69) is 10.2 Å². The molecule has 0 atom stereocenters. The summed E-state index contributed by atoms with van der Waals surface area (Å²) in [6.07, 6.45) is 0. The van der Waals surface area contributed by atoms with Gasteiger partial charge in [-0.1, -0.05) is 54.2 Å². The van der Waals surface area contributed by atoms with Gasteiger partial charge in [-0.3, -0.25) is 14.7 Å². The predicted molar refractivity (Wildman–Crippen MR) is 114 cm³/mol. The lowest BCUT2D eigenvalue weighted by Gasteiger charge is -2.10. The summed E-state index contributed by atoms with van der Waals surface area (Å²) in [5.41, 5.74) is 2.89. The van der Waals surface area contributed by atoms with E-state index in [1.165, 1.54) is 36.0 Å². The van der Waals surface area contributed by atoms with Gasteiger partial charge in [-0.2, -0.15) is 0 Å². The fraction of sp³-hybridized carbons (Fsp3) is 0.0909. The van der Waals surface area contributed by atoms with Gasteiger partial charge in [0.2, 0.25) is 0 Å². The van der Waals surface area contributed by atoms with Crippen LogP contribution in [0.15, 0.2) is 84.0 Å². The third-order valence-corrected chi connectivity index (χ3v) is 5.56. The molecule has 0 N–H and O–H groups in total. The SMILES string of the molecule is O=[N+]([O-])c1ccc(CSc2nnc(-c3ccc(F)cc3)n2Cc2ccccc2)cc1. The Labute approximate surface area is 176 Å². The van der Waals surface area contributed by atoms with Crippen molar-refractivity contribution >= 4 is 17.4 Å². The summed E-state index contributed by atoms with van der Waals surface area (Å²) >= 11 is 1.50. The minimum atomic E-state index is -0.414. The fourth-order valence-corrected chi connectivity index (χ4v) is 3.87. The summed E-state index contributed by atoms with van der Waals surface area (Å²) in [7, 11) is 0. The molecule has 1 heterocycles. The van der Waals surface area contributed by atoms with E-state index in [0.29, 0.717) is 18.1 Å². The van der Waals surface area contributed by atoms with E-state index in [4.69, 9.17) is 0 Å². The smallest absolute Gasteiger partial charge is 0.269 e. The molecular formula is C22H17FN4O2S. The lowest BCUT2D eigenvalue weighted by molar-refractivity contribution is -0.384. The second-order valence-corrected chi connectivity index (χ2v) is 7.54. The van der Waals surface area contributed by atoms with Crippen molar-refractivity contribution in [2.75, 3.05) is 0 Å². The summed E-state index contributed by atoms with van der Waals surface area (Å²) in [5.74, 6) is 0.944. The molecule has 0 saturated heterocycles.